The molecular weight excluding hydrogens is 359 g/mol. The van der Waals surface area contributed by atoms with Gasteiger partial charge in [-0.05, 0) is 42.3 Å². The Morgan fingerprint density at radius 2 is 2.12 bits per heavy atom. The molecule has 1 aliphatic heterocycles. The molecule has 0 fully saturated rings. The fourth-order valence-electron chi connectivity index (χ4n) is 2.52. The summed E-state index contributed by atoms with van der Waals surface area (Å²) in [6.07, 6.45) is 4.87. The number of hydrogen-bond donors (Lipinski definition) is 0. The highest BCUT2D eigenvalue weighted by Crippen LogP contribution is 2.27. The molecule has 138 valence electrons. The van der Waals surface area contributed by atoms with Crippen molar-refractivity contribution in [2.75, 3.05) is 25.7 Å². The fourth-order valence-corrected chi connectivity index (χ4v) is 2.77. The Morgan fingerprint density at radius 3 is 2.69 bits per heavy atom. The number of carbonyl (C=O) groups is 1. The summed E-state index contributed by atoms with van der Waals surface area (Å²) < 4.78 is 23.6. The Morgan fingerprint density at radius 1 is 1.42 bits per heavy atom. The van der Waals surface area contributed by atoms with Gasteiger partial charge in [0.25, 0.3) is 0 Å². The van der Waals surface area contributed by atoms with Gasteiger partial charge in [0.05, 0.1) is 13.7 Å². The largest absolute Gasteiger partial charge is 0.466 e. The van der Waals surface area contributed by atoms with E-state index >= 15 is 0 Å². The van der Waals surface area contributed by atoms with Crippen LogP contribution in [0.25, 0.3) is 0 Å². The molecule has 0 N–H and O–H groups in total. The second-order valence-corrected chi connectivity index (χ2v) is 5.78. The maximum atomic E-state index is 13.2. The number of anilines is 1. The average molecular weight is 379 g/mol. The summed E-state index contributed by atoms with van der Waals surface area (Å²) in [7, 11) is 2.87. The minimum Gasteiger partial charge on any atom is -0.466 e. The number of benzene rings is 1. The first-order valence-corrected chi connectivity index (χ1v) is 8.26. The highest BCUT2D eigenvalue weighted by atomic mass is 35.5. The lowest BCUT2D eigenvalue weighted by Crippen LogP contribution is -2.44. The monoisotopic (exact) mass is 378 g/mol. The van der Waals surface area contributed by atoms with Crippen LogP contribution in [0.4, 0.5) is 10.1 Å². The van der Waals surface area contributed by atoms with Crippen LogP contribution in [0, 0.1) is 5.82 Å². The van der Waals surface area contributed by atoms with Gasteiger partial charge >= 0.3 is 5.97 Å². The van der Waals surface area contributed by atoms with Crippen molar-refractivity contribution >= 4 is 28.6 Å². The van der Waals surface area contributed by atoms with E-state index in [-0.39, 0.29) is 11.1 Å². The smallest absolute Gasteiger partial charge is 0.334 e. The molecule has 1 atom stereocenters. The Labute approximate surface area is 157 Å². The lowest BCUT2D eigenvalue weighted by molar-refractivity contribution is -0.136. The number of halogens is 2. The van der Waals surface area contributed by atoms with Gasteiger partial charge in [-0.2, -0.15) is 0 Å². The summed E-state index contributed by atoms with van der Waals surface area (Å²) in [5.74, 6) is -0.776. The summed E-state index contributed by atoms with van der Waals surface area (Å²) in [6.45, 7) is 3.95. The van der Waals surface area contributed by atoms with Crippen LogP contribution in [0.2, 0.25) is 0 Å². The van der Waals surface area contributed by atoms with Crippen LogP contribution in [0.15, 0.2) is 65.2 Å². The molecule has 1 aliphatic rings. The molecule has 5 nitrogen and oxygen atoms in total. The van der Waals surface area contributed by atoms with E-state index in [1.54, 1.807) is 42.4 Å². The van der Waals surface area contributed by atoms with E-state index in [0.29, 0.717) is 24.2 Å². The molecule has 0 amide bonds. The van der Waals surface area contributed by atoms with Gasteiger partial charge in [0, 0.05) is 23.9 Å². The first-order valence-electron chi connectivity index (χ1n) is 7.88. The topological polar surface area (TPSA) is 51.1 Å². The molecule has 0 bridgehead atoms. The molecule has 1 aromatic carbocycles. The molecule has 2 rings (SSSR count). The van der Waals surface area contributed by atoms with Crippen molar-refractivity contribution in [1.82, 2.24) is 0 Å². The Bertz CT molecular complexity index is 757. The van der Waals surface area contributed by atoms with E-state index in [4.69, 9.17) is 21.1 Å². The van der Waals surface area contributed by atoms with Crippen LogP contribution in [-0.2, 0) is 14.3 Å². The van der Waals surface area contributed by atoms with Crippen molar-refractivity contribution in [2.45, 2.75) is 12.6 Å². The van der Waals surface area contributed by atoms with Crippen molar-refractivity contribution < 1.29 is 18.7 Å². The van der Waals surface area contributed by atoms with Gasteiger partial charge in [-0.1, -0.05) is 18.2 Å². The van der Waals surface area contributed by atoms with Crippen LogP contribution in [-0.4, -0.2) is 38.3 Å². The summed E-state index contributed by atoms with van der Waals surface area (Å²) >= 11 is 6.25. The zero-order valence-corrected chi connectivity index (χ0v) is 15.4. The number of carbonyl (C=O) groups excluding carboxylic acids is 1. The second-order valence-electron chi connectivity index (χ2n) is 5.44. The van der Waals surface area contributed by atoms with E-state index in [2.05, 4.69) is 11.6 Å². The highest BCUT2D eigenvalue weighted by molar-refractivity contribution is 6.68. The number of rotatable bonds is 6. The predicted octanol–water partition coefficient (Wildman–Crippen LogP) is 3.81. The first-order chi connectivity index (χ1) is 12.5. The third-order valence-electron chi connectivity index (χ3n) is 3.78. The van der Waals surface area contributed by atoms with E-state index in [9.17, 15) is 9.18 Å². The standard InChI is InChI=1S/C19H20ClFN2O3/c1-4-5-13(18(24)26-3)6-7-14-12-22-19(20)23(17(14)25-2)16-10-8-15(21)9-11-16/h4,6-11,17H,1,5,12H2,2-3H3/b13-6+,14-7+. The number of methoxy groups -OCH3 is 2. The molecule has 26 heavy (non-hydrogen) atoms. The molecule has 0 spiro atoms. The fraction of sp³-hybridized carbons (Fsp3) is 0.263. The van der Waals surface area contributed by atoms with Gasteiger partial charge in [-0.3, -0.25) is 9.89 Å². The molecule has 0 saturated heterocycles. The number of hydrogen-bond acceptors (Lipinski definition) is 5. The maximum Gasteiger partial charge on any atom is 0.334 e. The summed E-state index contributed by atoms with van der Waals surface area (Å²) in [5, 5.41) is 0.240. The third kappa shape index (κ3) is 4.59. The van der Waals surface area contributed by atoms with Gasteiger partial charge in [-0.25, -0.2) is 9.18 Å². The van der Waals surface area contributed by atoms with Crippen LogP contribution in [0.3, 0.4) is 0 Å². The van der Waals surface area contributed by atoms with E-state index < -0.39 is 12.2 Å². The molecule has 0 radical (unpaired) electrons. The van der Waals surface area contributed by atoms with Crippen molar-refractivity contribution in [3.05, 3.63) is 66.0 Å². The number of nitrogens with zero attached hydrogens (tertiary/aromatic N) is 2. The second kappa shape index (κ2) is 9.31. The van der Waals surface area contributed by atoms with Crippen LogP contribution in [0.1, 0.15) is 6.42 Å². The molecule has 0 aliphatic carbocycles. The Hall–Kier alpha value is -2.44. The maximum absolute atomic E-state index is 13.2. The number of esters is 1. The van der Waals surface area contributed by atoms with Gasteiger partial charge in [0.2, 0.25) is 5.29 Å². The van der Waals surface area contributed by atoms with E-state index in [1.165, 1.54) is 19.2 Å². The summed E-state index contributed by atoms with van der Waals surface area (Å²) in [4.78, 5) is 17.7. The third-order valence-corrected chi connectivity index (χ3v) is 4.08. The summed E-state index contributed by atoms with van der Waals surface area (Å²) in [6, 6.07) is 5.86. The number of allylic oxidation sites excluding steroid dienone is 3. The number of aliphatic imine (C=N–C) groups is 1. The Balaban J connectivity index is 2.39. The van der Waals surface area contributed by atoms with E-state index in [1.807, 2.05) is 0 Å². The molecular formula is C19H20ClFN2O3. The molecule has 0 saturated carbocycles. The van der Waals surface area contributed by atoms with Gasteiger partial charge in [-0.15, -0.1) is 6.58 Å². The minimum absolute atomic E-state index is 0.240. The lowest BCUT2D eigenvalue weighted by Gasteiger charge is -2.35. The molecule has 1 heterocycles. The minimum atomic E-state index is -0.538. The van der Waals surface area contributed by atoms with Crippen molar-refractivity contribution in [2.24, 2.45) is 4.99 Å². The van der Waals surface area contributed by atoms with Gasteiger partial charge in [0.15, 0.2) is 6.23 Å². The van der Waals surface area contributed by atoms with E-state index in [0.717, 1.165) is 5.57 Å². The number of amidine groups is 1. The van der Waals surface area contributed by atoms with Crippen molar-refractivity contribution in [3.63, 3.8) is 0 Å². The lowest BCUT2D eigenvalue weighted by atomic mass is 10.1. The quantitative estimate of drug-likeness (QED) is 0.327. The van der Waals surface area contributed by atoms with Crippen LogP contribution >= 0.6 is 11.6 Å². The number of ether oxygens (including phenoxy) is 2. The molecule has 7 heteroatoms. The molecule has 1 unspecified atom stereocenters. The zero-order valence-electron chi connectivity index (χ0n) is 14.6. The SMILES string of the molecule is C=CC/C(=C\C=C1/CN=C(Cl)N(c2ccc(F)cc2)C1OC)C(=O)OC. The highest BCUT2D eigenvalue weighted by Gasteiger charge is 2.29. The zero-order chi connectivity index (χ0) is 19.1. The van der Waals surface area contributed by atoms with Gasteiger partial charge < -0.3 is 9.47 Å². The van der Waals surface area contributed by atoms with Crippen molar-refractivity contribution in [3.8, 4) is 0 Å². The first kappa shape index (κ1) is 19.9. The predicted molar refractivity (Wildman–Crippen MR) is 101 cm³/mol. The Kier molecular flexibility index (Phi) is 7.12. The van der Waals surface area contributed by atoms with Crippen LogP contribution < -0.4 is 4.90 Å². The molecule has 1 aromatic rings. The van der Waals surface area contributed by atoms with Gasteiger partial charge in [0.1, 0.15) is 5.82 Å². The average Bonchev–Trinajstić information content (AvgIpc) is 2.65. The van der Waals surface area contributed by atoms with Crippen LogP contribution in [0.5, 0.6) is 0 Å². The van der Waals surface area contributed by atoms with Crippen molar-refractivity contribution in [1.29, 1.82) is 0 Å². The molecule has 0 aromatic heterocycles. The normalized spacial score (nSPS) is 19.3. The summed E-state index contributed by atoms with van der Waals surface area (Å²) in [5.41, 5.74) is 1.88.